The maximum absolute atomic E-state index is 12.7. The molecule has 0 radical (unpaired) electrons. The molecule has 35 heavy (non-hydrogen) atoms. The number of aromatic nitrogens is 3. The number of fused-ring (bicyclic) bond motifs is 1. The third-order valence-corrected chi connectivity index (χ3v) is 5.19. The standard InChI is InChI=1S/C24H23F3N4O4/c1-15-28-11-17(12-29-15)19-3-2-4-21-20(19)9-18(13-35-21)31-23(32)16-5-6-22(30-10-16)34-8-7-33-14-24(25,26)27/h2-6,10-12,18H,7-9,13-14H2,1H3,(H,31,32)/t18-/m0/s1. The zero-order valence-corrected chi connectivity index (χ0v) is 18.8. The minimum atomic E-state index is -4.38. The van der Waals surface area contributed by atoms with E-state index < -0.39 is 12.8 Å². The lowest BCUT2D eigenvalue weighted by molar-refractivity contribution is -0.175. The molecule has 0 saturated carbocycles. The number of amides is 1. The molecule has 1 N–H and O–H groups in total. The van der Waals surface area contributed by atoms with Crippen LogP contribution in [0.2, 0.25) is 0 Å². The normalized spacial score (nSPS) is 15.1. The Morgan fingerprint density at radius 1 is 1.11 bits per heavy atom. The minimum Gasteiger partial charge on any atom is -0.491 e. The van der Waals surface area contributed by atoms with Crippen LogP contribution in [0.4, 0.5) is 13.2 Å². The van der Waals surface area contributed by atoms with Crippen molar-refractivity contribution in [3.63, 3.8) is 0 Å². The molecule has 2 aromatic heterocycles. The van der Waals surface area contributed by atoms with Crippen molar-refractivity contribution >= 4 is 5.91 Å². The highest BCUT2D eigenvalue weighted by atomic mass is 19.4. The van der Waals surface area contributed by atoms with E-state index in [-0.39, 0.29) is 31.0 Å². The van der Waals surface area contributed by atoms with Crippen LogP contribution < -0.4 is 14.8 Å². The Morgan fingerprint density at radius 2 is 1.91 bits per heavy atom. The molecule has 0 spiro atoms. The van der Waals surface area contributed by atoms with Crippen molar-refractivity contribution in [2.24, 2.45) is 0 Å². The molecule has 0 fully saturated rings. The maximum Gasteiger partial charge on any atom is 0.411 e. The van der Waals surface area contributed by atoms with Gasteiger partial charge < -0.3 is 19.5 Å². The molecule has 0 aliphatic carbocycles. The molecule has 1 amide bonds. The molecule has 0 unspecified atom stereocenters. The van der Waals surface area contributed by atoms with Gasteiger partial charge in [0, 0.05) is 42.2 Å². The SMILES string of the molecule is Cc1ncc(-c2cccc3c2C[C@H](NC(=O)c2ccc(OCCOCC(F)(F)F)nc2)CO3)cn1. The number of carbonyl (C=O) groups excluding carboxylic acids is 1. The first-order chi connectivity index (χ1) is 16.8. The number of benzene rings is 1. The van der Waals surface area contributed by atoms with Crippen molar-refractivity contribution in [2.45, 2.75) is 25.6 Å². The van der Waals surface area contributed by atoms with E-state index >= 15 is 0 Å². The number of alkyl halides is 3. The second-order valence-corrected chi connectivity index (χ2v) is 7.89. The molecule has 11 heteroatoms. The van der Waals surface area contributed by atoms with E-state index in [1.165, 1.54) is 18.3 Å². The van der Waals surface area contributed by atoms with Crippen LogP contribution in [0, 0.1) is 6.92 Å². The van der Waals surface area contributed by atoms with Crippen molar-refractivity contribution in [1.29, 1.82) is 0 Å². The van der Waals surface area contributed by atoms with Crippen molar-refractivity contribution in [3.8, 4) is 22.8 Å². The number of rotatable bonds is 8. The predicted molar refractivity (Wildman–Crippen MR) is 119 cm³/mol. The summed E-state index contributed by atoms with van der Waals surface area (Å²) in [5.74, 6) is 1.29. The predicted octanol–water partition coefficient (Wildman–Crippen LogP) is 3.54. The van der Waals surface area contributed by atoms with Gasteiger partial charge in [-0.3, -0.25) is 4.79 Å². The number of hydrogen-bond acceptors (Lipinski definition) is 7. The number of carbonyl (C=O) groups is 1. The molecule has 1 aliphatic heterocycles. The van der Waals surface area contributed by atoms with E-state index in [0.29, 0.717) is 24.4 Å². The Morgan fingerprint density at radius 3 is 2.63 bits per heavy atom. The van der Waals surface area contributed by atoms with Crippen LogP contribution in [0.15, 0.2) is 48.9 Å². The monoisotopic (exact) mass is 488 g/mol. The molecule has 184 valence electrons. The molecule has 1 aromatic carbocycles. The maximum atomic E-state index is 12.7. The number of nitrogens with one attached hydrogen (secondary N) is 1. The van der Waals surface area contributed by atoms with E-state index in [9.17, 15) is 18.0 Å². The van der Waals surface area contributed by atoms with Gasteiger partial charge in [0.25, 0.3) is 5.91 Å². The van der Waals surface area contributed by atoms with Crippen LogP contribution in [0.3, 0.4) is 0 Å². The molecule has 1 aliphatic rings. The lowest BCUT2D eigenvalue weighted by atomic mass is 9.94. The van der Waals surface area contributed by atoms with E-state index in [0.717, 1.165) is 22.4 Å². The van der Waals surface area contributed by atoms with Gasteiger partial charge in [-0.1, -0.05) is 12.1 Å². The van der Waals surface area contributed by atoms with E-state index in [4.69, 9.17) is 9.47 Å². The first-order valence-electron chi connectivity index (χ1n) is 10.9. The van der Waals surface area contributed by atoms with Crippen LogP contribution in [0.1, 0.15) is 21.7 Å². The molecule has 3 heterocycles. The minimum absolute atomic E-state index is 0.0954. The summed E-state index contributed by atoms with van der Waals surface area (Å²) in [6.45, 7) is 0.475. The van der Waals surface area contributed by atoms with Gasteiger partial charge in [-0.25, -0.2) is 15.0 Å². The number of pyridine rings is 1. The van der Waals surface area contributed by atoms with Gasteiger partial charge in [-0.15, -0.1) is 0 Å². The van der Waals surface area contributed by atoms with Crippen molar-refractivity contribution in [2.75, 3.05) is 26.4 Å². The highest BCUT2D eigenvalue weighted by Gasteiger charge is 2.27. The fourth-order valence-electron chi connectivity index (χ4n) is 3.56. The second-order valence-electron chi connectivity index (χ2n) is 7.89. The van der Waals surface area contributed by atoms with E-state index in [1.807, 2.05) is 25.1 Å². The van der Waals surface area contributed by atoms with Crippen LogP contribution in [0.5, 0.6) is 11.6 Å². The molecule has 0 bridgehead atoms. The summed E-state index contributed by atoms with van der Waals surface area (Å²) in [5.41, 5.74) is 3.10. The molecule has 0 saturated heterocycles. The van der Waals surface area contributed by atoms with Crippen LogP contribution in [-0.4, -0.2) is 59.5 Å². The first kappa shape index (κ1) is 24.4. The topological polar surface area (TPSA) is 95.5 Å². The molecule has 1 atom stereocenters. The van der Waals surface area contributed by atoms with Crippen LogP contribution in [-0.2, 0) is 11.2 Å². The summed E-state index contributed by atoms with van der Waals surface area (Å²) in [4.78, 5) is 25.3. The van der Waals surface area contributed by atoms with Crippen molar-refractivity contribution in [3.05, 3.63) is 65.9 Å². The Labute approximate surface area is 199 Å². The molecule has 3 aromatic rings. The van der Waals surface area contributed by atoms with E-state index in [2.05, 4.69) is 25.0 Å². The summed E-state index contributed by atoms with van der Waals surface area (Å²) in [5, 5.41) is 2.95. The molecular formula is C24H23F3N4O4. The molecule has 8 nitrogen and oxygen atoms in total. The number of ether oxygens (including phenoxy) is 3. The zero-order valence-electron chi connectivity index (χ0n) is 18.8. The number of halogens is 3. The van der Waals surface area contributed by atoms with Crippen LogP contribution >= 0.6 is 0 Å². The van der Waals surface area contributed by atoms with Crippen molar-refractivity contribution in [1.82, 2.24) is 20.3 Å². The summed E-state index contributed by atoms with van der Waals surface area (Å²) in [6.07, 6.45) is 1.05. The zero-order chi connectivity index (χ0) is 24.8. The van der Waals surface area contributed by atoms with Crippen LogP contribution in [0.25, 0.3) is 11.1 Å². The Hall–Kier alpha value is -3.73. The molecule has 4 rings (SSSR count). The third-order valence-electron chi connectivity index (χ3n) is 5.19. The number of nitrogens with zero attached hydrogens (tertiary/aromatic N) is 3. The van der Waals surface area contributed by atoms with Gasteiger partial charge in [0.15, 0.2) is 0 Å². The summed E-state index contributed by atoms with van der Waals surface area (Å²) in [6, 6.07) is 8.51. The summed E-state index contributed by atoms with van der Waals surface area (Å²) < 4.78 is 51.8. The van der Waals surface area contributed by atoms with E-state index in [1.54, 1.807) is 12.4 Å². The Bertz CT molecular complexity index is 1150. The average Bonchev–Trinajstić information content (AvgIpc) is 2.84. The Balaban J connectivity index is 1.33. The summed E-state index contributed by atoms with van der Waals surface area (Å²) in [7, 11) is 0. The van der Waals surface area contributed by atoms with Gasteiger partial charge in [0.05, 0.1) is 18.2 Å². The third kappa shape index (κ3) is 6.66. The average molecular weight is 488 g/mol. The Kier molecular flexibility index (Phi) is 7.45. The second kappa shape index (κ2) is 10.7. The van der Waals surface area contributed by atoms with Gasteiger partial charge in [-0.05, 0) is 24.6 Å². The van der Waals surface area contributed by atoms with Gasteiger partial charge in [-0.2, -0.15) is 13.2 Å². The van der Waals surface area contributed by atoms with Gasteiger partial charge >= 0.3 is 6.18 Å². The fourth-order valence-corrected chi connectivity index (χ4v) is 3.56. The summed E-state index contributed by atoms with van der Waals surface area (Å²) >= 11 is 0. The smallest absolute Gasteiger partial charge is 0.411 e. The number of hydrogen-bond donors (Lipinski definition) is 1. The van der Waals surface area contributed by atoms with Crippen molar-refractivity contribution < 1.29 is 32.2 Å². The van der Waals surface area contributed by atoms with Gasteiger partial charge in [0.1, 0.15) is 31.4 Å². The highest BCUT2D eigenvalue weighted by Crippen LogP contribution is 2.34. The fraction of sp³-hybridized carbons (Fsp3) is 0.333. The lowest BCUT2D eigenvalue weighted by Crippen LogP contribution is -2.42. The lowest BCUT2D eigenvalue weighted by Gasteiger charge is -2.28. The van der Waals surface area contributed by atoms with Gasteiger partial charge in [0.2, 0.25) is 5.88 Å². The highest BCUT2D eigenvalue weighted by molar-refractivity contribution is 5.94. The molecular weight excluding hydrogens is 465 g/mol. The number of aryl methyl sites for hydroxylation is 1. The largest absolute Gasteiger partial charge is 0.491 e. The quantitative estimate of drug-likeness (QED) is 0.485. The first-order valence-corrected chi connectivity index (χ1v) is 10.9.